The first-order valence-corrected chi connectivity index (χ1v) is 5.53. The molecule has 2 nitrogen and oxygen atoms in total. The predicted molar refractivity (Wildman–Crippen MR) is 61.4 cm³/mol. The number of aldehydes is 1. The molecule has 2 heteroatoms. The molecule has 0 aromatic heterocycles. The van der Waals surface area contributed by atoms with E-state index in [9.17, 15) is 4.79 Å². The first kappa shape index (κ1) is 12.3. The fraction of sp³-hybridized carbons (Fsp3) is 0.769. The van der Waals surface area contributed by atoms with Crippen molar-refractivity contribution in [3.05, 3.63) is 11.8 Å². The Hall–Kier alpha value is -0.790. The highest BCUT2D eigenvalue weighted by Gasteiger charge is 2.43. The molecule has 86 valence electrons. The molecule has 0 aliphatic heterocycles. The minimum absolute atomic E-state index is 0.0357. The SMILES string of the molecule is COC1=CC(C)(C)[C@@H](CC=O)C(C)(C)C1. The summed E-state index contributed by atoms with van der Waals surface area (Å²) in [5, 5.41) is 0. The first-order valence-electron chi connectivity index (χ1n) is 5.53. The van der Waals surface area contributed by atoms with Crippen molar-refractivity contribution in [2.24, 2.45) is 16.7 Å². The van der Waals surface area contributed by atoms with E-state index in [2.05, 4.69) is 33.8 Å². The van der Waals surface area contributed by atoms with Gasteiger partial charge in [0.2, 0.25) is 0 Å². The van der Waals surface area contributed by atoms with Crippen LogP contribution in [0.1, 0.15) is 40.5 Å². The molecule has 0 N–H and O–H groups in total. The molecule has 0 spiro atoms. The average Bonchev–Trinajstić information content (AvgIpc) is 2.10. The van der Waals surface area contributed by atoms with Crippen LogP contribution >= 0.6 is 0 Å². The fourth-order valence-corrected chi connectivity index (χ4v) is 3.00. The third kappa shape index (κ3) is 2.42. The lowest BCUT2D eigenvalue weighted by atomic mass is 9.59. The Labute approximate surface area is 92.7 Å². The molecule has 0 fully saturated rings. The van der Waals surface area contributed by atoms with Crippen LogP contribution in [0.3, 0.4) is 0 Å². The number of ether oxygens (including phenoxy) is 1. The van der Waals surface area contributed by atoms with Crippen molar-refractivity contribution in [2.75, 3.05) is 7.11 Å². The maximum Gasteiger partial charge on any atom is 0.120 e. The highest BCUT2D eigenvalue weighted by atomic mass is 16.5. The average molecular weight is 210 g/mol. The Kier molecular flexibility index (Phi) is 3.27. The van der Waals surface area contributed by atoms with Gasteiger partial charge in [-0.05, 0) is 22.8 Å². The molecule has 0 bridgehead atoms. The van der Waals surface area contributed by atoms with E-state index >= 15 is 0 Å². The van der Waals surface area contributed by atoms with Crippen molar-refractivity contribution in [1.29, 1.82) is 0 Å². The van der Waals surface area contributed by atoms with Crippen molar-refractivity contribution in [2.45, 2.75) is 40.5 Å². The molecule has 0 unspecified atom stereocenters. The quantitative estimate of drug-likeness (QED) is 0.669. The van der Waals surface area contributed by atoms with E-state index in [1.807, 2.05) is 0 Å². The van der Waals surface area contributed by atoms with Gasteiger partial charge in [-0.3, -0.25) is 0 Å². The van der Waals surface area contributed by atoms with Crippen LogP contribution in [0.4, 0.5) is 0 Å². The summed E-state index contributed by atoms with van der Waals surface area (Å²) in [5.41, 5.74) is 0.165. The zero-order valence-electron chi connectivity index (χ0n) is 10.5. The number of carbonyl (C=O) groups excluding carboxylic acids is 1. The summed E-state index contributed by atoms with van der Waals surface area (Å²) in [4.78, 5) is 10.7. The zero-order chi connectivity index (χ0) is 11.7. The number of hydrogen-bond acceptors (Lipinski definition) is 2. The molecule has 0 amide bonds. The van der Waals surface area contributed by atoms with Crippen LogP contribution < -0.4 is 0 Å². The molecule has 1 aliphatic rings. The third-order valence-electron chi connectivity index (χ3n) is 3.60. The van der Waals surface area contributed by atoms with E-state index in [0.717, 1.165) is 18.5 Å². The molecule has 1 aliphatic carbocycles. The lowest BCUT2D eigenvalue weighted by Crippen LogP contribution is -2.39. The topological polar surface area (TPSA) is 26.3 Å². The minimum Gasteiger partial charge on any atom is -0.501 e. The number of methoxy groups -OCH3 is 1. The van der Waals surface area contributed by atoms with Crippen LogP contribution in [-0.2, 0) is 9.53 Å². The lowest BCUT2D eigenvalue weighted by molar-refractivity contribution is -0.111. The van der Waals surface area contributed by atoms with Gasteiger partial charge in [-0.1, -0.05) is 27.7 Å². The molecular formula is C13H22O2. The van der Waals surface area contributed by atoms with E-state index in [4.69, 9.17) is 4.74 Å². The molecule has 0 aromatic rings. The Morgan fingerprint density at radius 1 is 1.47 bits per heavy atom. The van der Waals surface area contributed by atoms with Crippen LogP contribution in [0.5, 0.6) is 0 Å². The number of hydrogen-bond donors (Lipinski definition) is 0. The first-order chi connectivity index (χ1) is 6.83. The Morgan fingerprint density at radius 2 is 2.07 bits per heavy atom. The van der Waals surface area contributed by atoms with E-state index in [1.165, 1.54) is 0 Å². The molecular weight excluding hydrogens is 188 g/mol. The molecule has 15 heavy (non-hydrogen) atoms. The molecule has 0 saturated carbocycles. The monoisotopic (exact) mass is 210 g/mol. The second-order valence-electron chi connectivity index (χ2n) is 5.76. The van der Waals surface area contributed by atoms with Gasteiger partial charge in [0.15, 0.2) is 0 Å². The summed E-state index contributed by atoms with van der Waals surface area (Å²) in [7, 11) is 1.72. The van der Waals surface area contributed by atoms with Gasteiger partial charge >= 0.3 is 0 Å². The molecule has 1 atom stereocenters. The van der Waals surface area contributed by atoms with Crippen LogP contribution in [0.15, 0.2) is 11.8 Å². The highest BCUT2D eigenvalue weighted by Crippen LogP contribution is 2.50. The van der Waals surface area contributed by atoms with Gasteiger partial charge in [-0.15, -0.1) is 0 Å². The van der Waals surface area contributed by atoms with Crippen LogP contribution in [0.2, 0.25) is 0 Å². The van der Waals surface area contributed by atoms with Gasteiger partial charge in [-0.25, -0.2) is 0 Å². The zero-order valence-corrected chi connectivity index (χ0v) is 10.5. The smallest absolute Gasteiger partial charge is 0.120 e. The van der Waals surface area contributed by atoms with Crippen molar-refractivity contribution in [1.82, 2.24) is 0 Å². The Bertz CT molecular complexity index is 274. The summed E-state index contributed by atoms with van der Waals surface area (Å²) in [6.45, 7) is 8.80. The number of allylic oxidation sites excluding steroid dienone is 2. The number of rotatable bonds is 3. The lowest BCUT2D eigenvalue weighted by Gasteiger charge is -2.46. The van der Waals surface area contributed by atoms with Gasteiger partial charge in [0.05, 0.1) is 12.9 Å². The van der Waals surface area contributed by atoms with Crippen LogP contribution in [0.25, 0.3) is 0 Å². The molecule has 0 aromatic carbocycles. The molecule has 0 radical (unpaired) electrons. The summed E-state index contributed by atoms with van der Waals surface area (Å²) >= 11 is 0. The maximum atomic E-state index is 10.7. The van der Waals surface area contributed by atoms with Crippen molar-refractivity contribution in [3.63, 3.8) is 0 Å². The number of carbonyl (C=O) groups is 1. The summed E-state index contributed by atoms with van der Waals surface area (Å²) in [6.07, 6.45) is 4.77. The van der Waals surface area contributed by atoms with Gasteiger partial charge in [0, 0.05) is 12.8 Å². The third-order valence-corrected chi connectivity index (χ3v) is 3.60. The summed E-state index contributed by atoms with van der Waals surface area (Å²) < 4.78 is 5.36. The van der Waals surface area contributed by atoms with Crippen molar-refractivity contribution in [3.8, 4) is 0 Å². The van der Waals surface area contributed by atoms with Crippen LogP contribution in [-0.4, -0.2) is 13.4 Å². The molecule has 0 saturated heterocycles. The molecule has 0 heterocycles. The predicted octanol–water partition coefficient (Wildman–Crippen LogP) is 3.18. The normalized spacial score (nSPS) is 28.1. The largest absolute Gasteiger partial charge is 0.501 e. The van der Waals surface area contributed by atoms with Gasteiger partial charge in [0.1, 0.15) is 6.29 Å². The standard InChI is InChI=1S/C13H22O2/c1-12(2)8-10(15-5)9-13(3,4)11(12)6-7-14/h7-8,11H,6,9H2,1-5H3/t11-/m1/s1. The van der Waals surface area contributed by atoms with Crippen molar-refractivity contribution < 1.29 is 9.53 Å². The van der Waals surface area contributed by atoms with E-state index in [0.29, 0.717) is 12.3 Å². The highest BCUT2D eigenvalue weighted by molar-refractivity contribution is 5.50. The maximum absolute atomic E-state index is 10.7. The second-order valence-corrected chi connectivity index (χ2v) is 5.76. The van der Waals surface area contributed by atoms with Gasteiger partial charge < -0.3 is 9.53 Å². The molecule has 1 rings (SSSR count). The summed E-state index contributed by atoms with van der Waals surface area (Å²) in [5.74, 6) is 1.44. The van der Waals surface area contributed by atoms with E-state index < -0.39 is 0 Å². The minimum atomic E-state index is 0.0357. The summed E-state index contributed by atoms with van der Waals surface area (Å²) in [6, 6.07) is 0. The fourth-order valence-electron chi connectivity index (χ4n) is 3.00. The van der Waals surface area contributed by atoms with Crippen molar-refractivity contribution >= 4 is 6.29 Å². The second kappa shape index (κ2) is 3.99. The van der Waals surface area contributed by atoms with E-state index in [1.54, 1.807) is 7.11 Å². The van der Waals surface area contributed by atoms with Crippen LogP contribution in [0, 0.1) is 16.7 Å². The van der Waals surface area contributed by atoms with Gasteiger partial charge in [-0.2, -0.15) is 0 Å². The Morgan fingerprint density at radius 3 is 2.47 bits per heavy atom. The van der Waals surface area contributed by atoms with Gasteiger partial charge in [0.25, 0.3) is 0 Å². The Balaban J connectivity index is 3.05. The van der Waals surface area contributed by atoms with E-state index in [-0.39, 0.29) is 10.8 Å².